The Morgan fingerprint density at radius 3 is 2.20 bits per heavy atom. The molecule has 134 valence electrons. The third-order valence-corrected chi connectivity index (χ3v) is 3.73. The minimum Gasteiger partial charge on any atom is -0.493 e. The molecule has 0 unspecified atom stereocenters. The third-order valence-electron chi connectivity index (χ3n) is 3.73. The van der Waals surface area contributed by atoms with E-state index in [4.69, 9.17) is 18.9 Å². The number of hydrogen-bond donors (Lipinski definition) is 0. The van der Waals surface area contributed by atoms with Crippen LogP contribution in [0.2, 0.25) is 0 Å². The Kier molecular flexibility index (Phi) is 6.16. The van der Waals surface area contributed by atoms with Crippen LogP contribution in [-0.2, 0) is 6.42 Å². The molecule has 7 nitrogen and oxygen atoms in total. The number of aromatic nitrogens is 2. The summed E-state index contributed by atoms with van der Waals surface area (Å²) in [6.07, 6.45) is 3.01. The maximum absolute atomic E-state index is 13.1. The highest BCUT2D eigenvalue weighted by atomic mass is 16.5. The van der Waals surface area contributed by atoms with Gasteiger partial charge in [0, 0.05) is 11.8 Å². The van der Waals surface area contributed by atoms with Crippen molar-refractivity contribution in [3.8, 4) is 23.4 Å². The number of ketones is 1. The molecule has 25 heavy (non-hydrogen) atoms. The largest absolute Gasteiger partial charge is 0.493 e. The van der Waals surface area contributed by atoms with Gasteiger partial charge in [-0.2, -0.15) is 4.98 Å². The summed E-state index contributed by atoms with van der Waals surface area (Å²) in [5.74, 6) is 0.984. The van der Waals surface area contributed by atoms with Crippen LogP contribution in [0.5, 0.6) is 23.4 Å². The molecule has 0 amide bonds. The molecule has 1 heterocycles. The lowest BCUT2D eigenvalue weighted by atomic mass is 9.96. The number of carbonyl (C=O) groups is 1. The number of hydrogen-bond acceptors (Lipinski definition) is 7. The normalized spacial score (nSPS) is 10.3. The summed E-state index contributed by atoms with van der Waals surface area (Å²) < 4.78 is 20.9. The second-order valence-corrected chi connectivity index (χ2v) is 5.22. The number of aryl methyl sites for hydroxylation is 1. The van der Waals surface area contributed by atoms with E-state index in [2.05, 4.69) is 9.97 Å². The first-order chi connectivity index (χ1) is 12.1. The van der Waals surface area contributed by atoms with Gasteiger partial charge >= 0.3 is 6.01 Å². The lowest BCUT2D eigenvalue weighted by molar-refractivity contribution is 0.103. The average molecular weight is 346 g/mol. The maximum atomic E-state index is 13.1. The van der Waals surface area contributed by atoms with Crippen molar-refractivity contribution < 1.29 is 23.7 Å². The molecule has 2 aromatic rings. The summed E-state index contributed by atoms with van der Waals surface area (Å²) >= 11 is 0. The smallest absolute Gasteiger partial charge is 0.319 e. The quantitative estimate of drug-likeness (QED) is 0.680. The Morgan fingerprint density at radius 1 is 0.960 bits per heavy atom. The Labute approximate surface area is 146 Å². The first kappa shape index (κ1) is 18.5. The van der Waals surface area contributed by atoms with E-state index in [-0.39, 0.29) is 23.2 Å². The second-order valence-electron chi connectivity index (χ2n) is 5.22. The highest BCUT2D eigenvalue weighted by molar-refractivity contribution is 6.11. The summed E-state index contributed by atoms with van der Waals surface area (Å²) in [6, 6.07) is 3.64. The zero-order valence-corrected chi connectivity index (χ0v) is 15.1. The number of benzene rings is 1. The van der Waals surface area contributed by atoms with Gasteiger partial charge in [0.15, 0.2) is 17.3 Å². The summed E-state index contributed by atoms with van der Waals surface area (Å²) in [7, 11) is 5.99. The van der Waals surface area contributed by atoms with Gasteiger partial charge < -0.3 is 18.9 Å². The van der Waals surface area contributed by atoms with Gasteiger partial charge in [-0.1, -0.05) is 13.3 Å². The Balaban J connectivity index is 2.58. The molecular formula is C18H22N2O5. The zero-order chi connectivity index (χ0) is 18.4. The fourth-order valence-electron chi connectivity index (χ4n) is 2.51. The number of rotatable bonds is 8. The lowest BCUT2D eigenvalue weighted by Gasteiger charge is -2.15. The van der Waals surface area contributed by atoms with Gasteiger partial charge in [-0.15, -0.1) is 0 Å². The molecule has 1 aromatic carbocycles. The molecule has 2 rings (SSSR count). The lowest BCUT2D eigenvalue weighted by Crippen LogP contribution is -2.10. The molecule has 0 spiro atoms. The van der Waals surface area contributed by atoms with E-state index in [1.165, 1.54) is 27.5 Å². The molecule has 0 saturated carbocycles. The van der Waals surface area contributed by atoms with Crippen LogP contribution >= 0.6 is 0 Å². The van der Waals surface area contributed by atoms with Crippen LogP contribution in [0.25, 0.3) is 0 Å². The van der Waals surface area contributed by atoms with Crippen LogP contribution in [0.1, 0.15) is 34.8 Å². The molecule has 0 fully saturated rings. The van der Waals surface area contributed by atoms with Crippen molar-refractivity contribution in [3.63, 3.8) is 0 Å². The van der Waals surface area contributed by atoms with Crippen molar-refractivity contribution in [2.75, 3.05) is 28.4 Å². The molecule has 0 aliphatic carbocycles. The fourth-order valence-corrected chi connectivity index (χ4v) is 2.51. The molecule has 0 atom stereocenters. The van der Waals surface area contributed by atoms with Crippen molar-refractivity contribution in [1.82, 2.24) is 9.97 Å². The van der Waals surface area contributed by atoms with Crippen molar-refractivity contribution in [1.29, 1.82) is 0 Å². The van der Waals surface area contributed by atoms with E-state index in [0.717, 1.165) is 18.4 Å². The number of carbonyl (C=O) groups excluding carboxylic acids is 1. The predicted molar refractivity (Wildman–Crippen MR) is 92.1 cm³/mol. The number of ether oxygens (including phenoxy) is 4. The van der Waals surface area contributed by atoms with E-state index in [1.807, 2.05) is 13.0 Å². The molecule has 0 radical (unpaired) electrons. The molecule has 0 N–H and O–H groups in total. The number of nitrogens with zero attached hydrogens (tertiary/aromatic N) is 2. The third kappa shape index (κ3) is 3.81. The summed E-state index contributed by atoms with van der Waals surface area (Å²) in [5, 5.41) is 0. The SMILES string of the molecule is CCCc1cc(OC)c(OC)cc1C(=O)c1cnc(OC)nc1OC. The maximum Gasteiger partial charge on any atom is 0.319 e. The van der Waals surface area contributed by atoms with E-state index in [0.29, 0.717) is 17.1 Å². The van der Waals surface area contributed by atoms with Gasteiger partial charge in [-0.05, 0) is 24.1 Å². The van der Waals surface area contributed by atoms with E-state index >= 15 is 0 Å². The first-order valence-electron chi connectivity index (χ1n) is 7.84. The van der Waals surface area contributed by atoms with Gasteiger partial charge in [0.1, 0.15) is 5.56 Å². The van der Waals surface area contributed by atoms with Crippen molar-refractivity contribution in [2.24, 2.45) is 0 Å². The van der Waals surface area contributed by atoms with Crippen LogP contribution < -0.4 is 18.9 Å². The molecule has 0 bridgehead atoms. The Hall–Kier alpha value is -2.83. The highest BCUT2D eigenvalue weighted by Gasteiger charge is 2.22. The van der Waals surface area contributed by atoms with Crippen LogP contribution in [-0.4, -0.2) is 44.2 Å². The topological polar surface area (TPSA) is 79.8 Å². The predicted octanol–water partition coefficient (Wildman–Crippen LogP) is 2.69. The summed E-state index contributed by atoms with van der Waals surface area (Å²) in [6.45, 7) is 2.04. The molecule has 7 heteroatoms. The average Bonchev–Trinajstić information content (AvgIpc) is 2.66. The van der Waals surface area contributed by atoms with E-state index < -0.39 is 0 Å². The van der Waals surface area contributed by atoms with Gasteiger partial charge in [0.25, 0.3) is 0 Å². The van der Waals surface area contributed by atoms with Gasteiger partial charge in [0.05, 0.1) is 28.4 Å². The van der Waals surface area contributed by atoms with Gasteiger partial charge in [0.2, 0.25) is 5.88 Å². The minimum atomic E-state index is -0.246. The Bertz CT molecular complexity index is 761. The molecule has 0 aliphatic heterocycles. The van der Waals surface area contributed by atoms with Crippen LogP contribution in [0, 0.1) is 0 Å². The van der Waals surface area contributed by atoms with Crippen LogP contribution in [0.4, 0.5) is 0 Å². The van der Waals surface area contributed by atoms with E-state index in [1.54, 1.807) is 13.2 Å². The van der Waals surface area contributed by atoms with Crippen molar-refractivity contribution in [3.05, 3.63) is 35.0 Å². The van der Waals surface area contributed by atoms with E-state index in [9.17, 15) is 4.79 Å². The highest BCUT2D eigenvalue weighted by Crippen LogP contribution is 2.33. The number of methoxy groups -OCH3 is 4. The van der Waals surface area contributed by atoms with Gasteiger partial charge in [-0.25, -0.2) is 4.98 Å². The molecular weight excluding hydrogens is 324 g/mol. The standard InChI is InChI=1S/C18H22N2O5/c1-6-7-11-8-14(22-2)15(23-3)9-12(11)16(21)13-10-19-18(25-5)20-17(13)24-4/h8-10H,6-7H2,1-5H3. The molecule has 1 aromatic heterocycles. The molecule has 0 saturated heterocycles. The zero-order valence-electron chi connectivity index (χ0n) is 15.1. The monoisotopic (exact) mass is 346 g/mol. The van der Waals surface area contributed by atoms with Gasteiger partial charge in [-0.3, -0.25) is 4.79 Å². The summed E-state index contributed by atoms with van der Waals surface area (Å²) in [4.78, 5) is 21.2. The fraction of sp³-hybridized carbons (Fsp3) is 0.389. The molecule has 0 aliphatic rings. The minimum absolute atomic E-state index is 0.134. The van der Waals surface area contributed by atoms with Crippen LogP contribution in [0.3, 0.4) is 0 Å². The first-order valence-corrected chi connectivity index (χ1v) is 7.84. The summed E-state index contributed by atoms with van der Waals surface area (Å²) in [5.41, 5.74) is 1.63. The Morgan fingerprint density at radius 2 is 1.64 bits per heavy atom. The van der Waals surface area contributed by atoms with Crippen molar-refractivity contribution >= 4 is 5.78 Å². The van der Waals surface area contributed by atoms with Crippen molar-refractivity contribution in [2.45, 2.75) is 19.8 Å². The second kappa shape index (κ2) is 8.32. The van der Waals surface area contributed by atoms with Crippen LogP contribution in [0.15, 0.2) is 18.3 Å².